The molecule has 0 bridgehead atoms. The van der Waals surface area contributed by atoms with Gasteiger partial charge in [-0.15, -0.1) is 5.10 Å². The molecule has 14 heteroatoms. The van der Waals surface area contributed by atoms with Gasteiger partial charge in [-0.3, -0.25) is 10.1 Å². The van der Waals surface area contributed by atoms with Gasteiger partial charge < -0.3 is 4.42 Å². The van der Waals surface area contributed by atoms with E-state index in [2.05, 4.69) is 15.5 Å². The average molecular weight is 529 g/mol. The fourth-order valence-electron chi connectivity index (χ4n) is 3.05. The van der Waals surface area contributed by atoms with Crippen molar-refractivity contribution < 1.29 is 26.0 Å². The standard InChI is InChI=1S/C22H20N6O6S2/c1-35(30,31)19-6-2-5-17(15-19)21-26-27-22(34-21)25-20(29)16-7-9-18(10-8-16)36(32,33)28(13-3-11-23)14-4-12-24/h2,5-10,15H,3-4,13-14H2,1H3,(H,25,27,29). The molecule has 3 rings (SSSR count). The molecule has 1 heterocycles. The van der Waals surface area contributed by atoms with Crippen LogP contribution in [0.15, 0.2) is 62.7 Å². The molecule has 0 aliphatic rings. The summed E-state index contributed by atoms with van der Waals surface area (Å²) in [4.78, 5) is 12.5. The number of carbonyl (C=O) groups excluding carboxylic acids is 1. The minimum absolute atomic E-state index is 0.00734. The number of amides is 1. The van der Waals surface area contributed by atoms with Crippen LogP contribution in [0.5, 0.6) is 0 Å². The highest BCUT2D eigenvalue weighted by molar-refractivity contribution is 7.90. The quantitative estimate of drug-likeness (QED) is 0.408. The summed E-state index contributed by atoms with van der Waals surface area (Å²) in [6.07, 6.45) is 1.00. The van der Waals surface area contributed by atoms with Gasteiger partial charge in [-0.1, -0.05) is 11.2 Å². The lowest BCUT2D eigenvalue weighted by atomic mass is 10.2. The van der Waals surface area contributed by atoms with E-state index in [9.17, 15) is 21.6 Å². The Balaban J connectivity index is 1.74. The Labute approximate surface area is 207 Å². The van der Waals surface area contributed by atoms with Gasteiger partial charge in [-0.05, 0) is 42.5 Å². The number of sulfone groups is 1. The molecule has 0 aliphatic carbocycles. The predicted molar refractivity (Wildman–Crippen MR) is 126 cm³/mol. The molecule has 36 heavy (non-hydrogen) atoms. The first-order chi connectivity index (χ1) is 17.1. The molecule has 186 valence electrons. The third-order valence-corrected chi connectivity index (χ3v) is 7.88. The minimum atomic E-state index is -3.97. The summed E-state index contributed by atoms with van der Waals surface area (Å²) in [5.41, 5.74) is 0.450. The van der Waals surface area contributed by atoms with E-state index in [1.807, 2.05) is 12.1 Å². The summed E-state index contributed by atoms with van der Waals surface area (Å²) in [7, 11) is -7.42. The lowest BCUT2D eigenvalue weighted by Crippen LogP contribution is -2.32. The SMILES string of the molecule is CS(=O)(=O)c1cccc(-c2nnc(NC(=O)c3ccc(S(=O)(=O)N(CCC#N)CCC#N)cc3)o2)c1. The Hall–Kier alpha value is -4.11. The molecular formula is C22H20N6O6S2. The van der Waals surface area contributed by atoms with Crippen molar-refractivity contribution in [3.63, 3.8) is 0 Å². The van der Waals surface area contributed by atoms with Gasteiger partial charge in [-0.25, -0.2) is 16.8 Å². The van der Waals surface area contributed by atoms with E-state index >= 15 is 0 Å². The molecule has 0 atom stereocenters. The first kappa shape index (κ1) is 26.5. The summed E-state index contributed by atoms with van der Waals surface area (Å²) in [5, 5.41) is 27.5. The summed E-state index contributed by atoms with van der Waals surface area (Å²) in [6.45, 7) is -0.120. The molecule has 2 aromatic carbocycles. The van der Waals surface area contributed by atoms with Crippen LogP contribution in [-0.4, -0.2) is 56.6 Å². The third-order valence-electron chi connectivity index (χ3n) is 4.85. The van der Waals surface area contributed by atoms with E-state index in [0.717, 1.165) is 10.6 Å². The van der Waals surface area contributed by atoms with Gasteiger partial charge in [0.25, 0.3) is 5.91 Å². The number of hydrogen-bond acceptors (Lipinski definition) is 10. The Morgan fingerprint density at radius 2 is 1.61 bits per heavy atom. The topological polar surface area (TPSA) is 187 Å². The largest absolute Gasteiger partial charge is 0.403 e. The fourth-order valence-corrected chi connectivity index (χ4v) is 5.16. The molecule has 0 fully saturated rings. The number of nitrogens with one attached hydrogen (secondary N) is 1. The maximum absolute atomic E-state index is 12.9. The van der Waals surface area contributed by atoms with Crippen molar-refractivity contribution in [1.82, 2.24) is 14.5 Å². The molecule has 0 saturated carbocycles. The lowest BCUT2D eigenvalue weighted by Gasteiger charge is -2.20. The number of carbonyl (C=O) groups is 1. The molecule has 0 aliphatic heterocycles. The van der Waals surface area contributed by atoms with Gasteiger partial charge in [0.1, 0.15) is 0 Å². The zero-order valence-corrected chi connectivity index (χ0v) is 20.6. The lowest BCUT2D eigenvalue weighted by molar-refractivity contribution is 0.102. The molecule has 0 unspecified atom stereocenters. The molecule has 0 saturated heterocycles. The number of rotatable bonds is 10. The van der Waals surface area contributed by atoms with E-state index in [1.54, 1.807) is 6.07 Å². The van der Waals surface area contributed by atoms with Crippen LogP contribution in [0.4, 0.5) is 6.01 Å². The van der Waals surface area contributed by atoms with Crippen LogP contribution < -0.4 is 5.32 Å². The van der Waals surface area contributed by atoms with Crippen molar-refractivity contribution in [3.05, 3.63) is 54.1 Å². The number of benzene rings is 2. The maximum Gasteiger partial charge on any atom is 0.322 e. The number of nitriles is 2. The number of hydrogen-bond donors (Lipinski definition) is 1. The average Bonchev–Trinajstić information content (AvgIpc) is 3.32. The molecule has 1 N–H and O–H groups in total. The maximum atomic E-state index is 12.9. The Bertz CT molecular complexity index is 1530. The molecule has 3 aromatic rings. The summed E-state index contributed by atoms with van der Waals surface area (Å²) < 4.78 is 55.7. The van der Waals surface area contributed by atoms with Crippen LogP contribution in [0.3, 0.4) is 0 Å². The van der Waals surface area contributed by atoms with E-state index in [1.165, 1.54) is 42.5 Å². The molecule has 0 radical (unpaired) electrons. The molecule has 12 nitrogen and oxygen atoms in total. The fraction of sp³-hybridized carbons (Fsp3) is 0.227. The van der Waals surface area contributed by atoms with Crippen LogP contribution in [0.25, 0.3) is 11.5 Å². The summed E-state index contributed by atoms with van der Waals surface area (Å²) in [6, 6.07) is 14.5. The third kappa shape index (κ3) is 6.31. The molecule has 1 aromatic heterocycles. The Morgan fingerprint density at radius 3 is 2.19 bits per heavy atom. The molecular weight excluding hydrogens is 508 g/mol. The highest BCUT2D eigenvalue weighted by Gasteiger charge is 2.24. The Morgan fingerprint density at radius 1 is 0.972 bits per heavy atom. The number of anilines is 1. The zero-order chi connectivity index (χ0) is 26.3. The van der Waals surface area contributed by atoms with E-state index < -0.39 is 25.8 Å². The summed E-state index contributed by atoms with van der Waals surface area (Å²) in [5.74, 6) is -0.656. The normalized spacial score (nSPS) is 11.6. The monoisotopic (exact) mass is 528 g/mol. The second kappa shape index (κ2) is 11.1. The van der Waals surface area contributed by atoms with Gasteiger partial charge in [0.15, 0.2) is 9.84 Å². The first-order valence-corrected chi connectivity index (χ1v) is 13.7. The minimum Gasteiger partial charge on any atom is -0.403 e. The van der Waals surface area contributed by atoms with Crippen LogP contribution >= 0.6 is 0 Å². The van der Waals surface area contributed by atoms with Crippen molar-refractivity contribution in [1.29, 1.82) is 10.5 Å². The van der Waals surface area contributed by atoms with E-state index in [0.29, 0.717) is 5.56 Å². The number of nitrogens with zero attached hydrogens (tertiary/aromatic N) is 5. The number of sulfonamides is 1. The number of aromatic nitrogens is 2. The van der Waals surface area contributed by atoms with Gasteiger partial charge >= 0.3 is 6.01 Å². The van der Waals surface area contributed by atoms with Crippen molar-refractivity contribution in [2.24, 2.45) is 0 Å². The smallest absolute Gasteiger partial charge is 0.322 e. The van der Waals surface area contributed by atoms with Gasteiger partial charge in [-0.2, -0.15) is 14.8 Å². The van der Waals surface area contributed by atoms with E-state index in [-0.39, 0.29) is 53.2 Å². The highest BCUT2D eigenvalue weighted by Crippen LogP contribution is 2.23. The van der Waals surface area contributed by atoms with Gasteiger partial charge in [0, 0.05) is 43.3 Å². The van der Waals surface area contributed by atoms with Crippen molar-refractivity contribution >= 4 is 31.8 Å². The summed E-state index contributed by atoms with van der Waals surface area (Å²) >= 11 is 0. The first-order valence-electron chi connectivity index (χ1n) is 10.4. The van der Waals surface area contributed by atoms with Gasteiger partial charge in [0.05, 0.1) is 21.9 Å². The van der Waals surface area contributed by atoms with Gasteiger partial charge in [0.2, 0.25) is 15.9 Å². The molecule has 0 spiro atoms. The zero-order valence-electron chi connectivity index (χ0n) is 18.9. The highest BCUT2D eigenvalue weighted by atomic mass is 32.2. The van der Waals surface area contributed by atoms with Crippen LogP contribution in [0.1, 0.15) is 23.2 Å². The van der Waals surface area contributed by atoms with E-state index in [4.69, 9.17) is 14.9 Å². The predicted octanol–water partition coefficient (Wildman–Crippen LogP) is 2.21. The van der Waals surface area contributed by atoms with Crippen molar-refractivity contribution in [3.8, 4) is 23.6 Å². The van der Waals surface area contributed by atoms with Crippen LogP contribution in [-0.2, 0) is 19.9 Å². The Kier molecular flexibility index (Phi) is 8.16. The van der Waals surface area contributed by atoms with Crippen LogP contribution in [0.2, 0.25) is 0 Å². The second-order valence-corrected chi connectivity index (χ2v) is 11.4. The van der Waals surface area contributed by atoms with Crippen LogP contribution in [0, 0.1) is 22.7 Å². The van der Waals surface area contributed by atoms with Crippen molar-refractivity contribution in [2.45, 2.75) is 22.6 Å². The second-order valence-electron chi connectivity index (χ2n) is 7.41. The molecule has 1 amide bonds. The van der Waals surface area contributed by atoms with Crippen molar-refractivity contribution in [2.75, 3.05) is 24.7 Å².